The van der Waals surface area contributed by atoms with Gasteiger partial charge in [0.2, 0.25) is 5.91 Å². The van der Waals surface area contributed by atoms with Crippen LogP contribution in [0.1, 0.15) is 37.4 Å². The molecule has 0 bridgehead atoms. The molecule has 0 spiro atoms. The van der Waals surface area contributed by atoms with Gasteiger partial charge in [-0.3, -0.25) is 9.48 Å². The molecule has 7 nitrogen and oxygen atoms in total. The molecular formula is C18H22N6O. The van der Waals surface area contributed by atoms with Gasteiger partial charge in [-0.1, -0.05) is 12.1 Å². The fraction of sp³-hybridized carbons (Fsp3) is 0.444. The summed E-state index contributed by atoms with van der Waals surface area (Å²) in [6, 6.07) is 8.11. The Morgan fingerprint density at radius 3 is 2.84 bits per heavy atom. The number of H-pyrrole nitrogens is 1. The van der Waals surface area contributed by atoms with Crippen molar-refractivity contribution in [2.75, 3.05) is 13.1 Å². The van der Waals surface area contributed by atoms with Gasteiger partial charge in [0.05, 0.1) is 11.0 Å². The largest absolute Gasteiger partial charge is 0.343 e. The fourth-order valence-corrected chi connectivity index (χ4v) is 3.47. The smallest absolute Gasteiger partial charge is 0.222 e. The van der Waals surface area contributed by atoms with Gasteiger partial charge < -0.3 is 9.88 Å². The Morgan fingerprint density at radius 2 is 2.08 bits per heavy atom. The van der Waals surface area contributed by atoms with E-state index in [1.54, 1.807) is 11.0 Å². The molecule has 1 amide bonds. The summed E-state index contributed by atoms with van der Waals surface area (Å²) in [5.41, 5.74) is 2.10. The molecule has 1 N–H and O–H groups in total. The van der Waals surface area contributed by atoms with E-state index in [4.69, 9.17) is 4.98 Å². The Kier molecular flexibility index (Phi) is 4.45. The lowest BCUT2D eigenvalue weighted by atomic mass is 9.96. The maximum absolute atomic E-state index is 12.4. The SMILES string of the molecule is O=C(CCCn1cncn1)N1CCC(c2nc3ccccc3[nH]2)CC1. The number of piperidine rings is 1. The van der Waals surface area contributed by atoms with Crippen molar-refractivity contribution in [3.63, 3.8) is 0 Å². The van der Waals surface area contributed by atoms with E-state index in [1.807, 2.05) is 23.1 Å². The summed E-state index contributed by atoms with van der Waals surface area (Å²) in [7, 11) is 0. The Morgan fingerprint density at radius 1 is 1.24 bits per heavy atom. The molecule has 1 aliphatic heterocycles. The summed E-state index contributed by atoms with van der Waals surface area (Å²) >= 11 is 0. The molecule has 1 aliphatic rings. The van der Waals surface area contributed by atoms with Crippen LogP contribution in [0.15, 0.2) is 36.9 Å². The van der Waals surface area contributed by atoms with E-state index in [9.17, 15) is 4.79 Å². The number of hydrogen-bond donors (Lipinski definition) is 1. The van der Waals surface area contributed by atoms with Crippen LogP contribution in [0.5, 0.6) is 0 Å². The molecule has 130 valence electrons. The molecule has 0 unspecified atom stereocenters. The average Bonchev–Trinajstić information content (AvgIpc) is 3.31. The van der Waals surface area contributed by atoms with E-state index < -0.39 is 0 Å². The van der Waals surface area contributed by atoms with Gasteiger partial charge in [0.1, 0.15) is 18.5 Å². The predicted molar refractivity (Wildman–Crippen MR) is 93.9 cm³/mol. The molecule has 0 saturated carbocycles. The number of benzene rings is 1. The number of carbonyl (C=O) groups is 1. The normalized spacial score (nSPS) is 15.8. The summed E-state index contributed by atoms with van der Waals surface area (Å²) in [5, 5.41) is 4.06. The number of aromatic nitrogens is 5. The van der Waals surface area contributed by atoms with E-state index in [-0.39, 0.29) is 5.91 Å². The summed E-state index contributed by atoms with van der Waals surface area (Å²) in [5.74, 6) is 1.70. The van der Waals surface area contributed by atoms with E-state index in [1.165, 1.54) is 6.33 Å². The first-order valence-electron chi connectivity index (χ1n) is 8.84. The van der Waals surface area contributed by atoms with Gasteiger partial charge in [-0.2, -0.15) is 5.10 Å². The van der Waals surface area contributed by atoms with Crippen LogP contribution in [0, 0.1) is 0 Å². The van der Waals surface area contributed by atoms with Gasteiger partial charge in [0.25, 0.3) is 0 Å². The van der Waals surface area contributed by atoms with E-state index >= 15 is 0 Å². The lowest BCUT2D eigenvalue weighted by Crippen LogP contribution is -2.38. The van der Waals surface area contributed by atoms with Crippen molar-refractivity contribution in [1.82, 2.24) is 29.6 Å². The molecule has 1 fully saturated rings. The van der Waals surface area contributed by atoms with Crippen molar-refractivity contribution < 1.29 is 4.79 Å². The lowest BCUT2D eigenvalue weighted by molar-refractivity contribution is -0.132. The maximum Gasteiger partial charge on any atom is 0.222 e. The first-order valence-corrected chi connectivity index (χ1v) is 8.84. The summed E-state index contributed by atoms with van der Waals surface area (Å²) in [6.45, 7) is 2.36. The van der Waals surface area contributed by atoms with Crippen LogP contribution in [-0.4, -0.2) is 48.6 Å². The number of nitrogens with zero attached hydrogens (tertiary/aromatic N) is 5. The standard InChI is InChI=1S/C18H22N6O/c25-17(6-3-9-24-13-19-12-20-24)23-10-7-14(8-11-23)18-21-15-4-1-2-5-16(15)22-18/h1-2,4-5,12-14H,3,6-11H2,(H,21,22). The van der Waals surface area contributed by atoms with Crippen molar-refractivity contribution in [2.45, 2.75) is 38.1 Å². The zero-order chi connectivity index (χ0) is 17.1. The van der Waals surface area contributed by atoms with Gasteiger partial charge in [-0.25, -0.2) is 9.97 Å². The maximum atomic E-state index is 12.4. The number of likely N-dealkylation sites (tertiary alicyclic amines) is 1. The molecule has 1 saturated heterocycles. The molecular weight excluding hydrogens is 316 g/mol. The van der Waals surface area contributed by atoms with Crippen LogP contribution in [0.25, 0.3) is 11.0 Å². The van der Waals surface area contributed by atoms with Crippen LogP contribution in [0.2, 0.25) is 0 Å². The molecule has 1 aromatic carbocycles. The van der Waals surface area contributed by atoms with Crippen LogP contribution in [0.3, 0.4) is 0 Å². The van der Waals surface area contributed by atoms with Gasteiger partial charge in [-0.15, -0.1) is 0 Å². The average molecular weight is 338 g/mol. The molecule has 4 rings (SSSR count). The van der Waals surface area contributed by atoms with E-state index in [0.29, 0.717) is 12.3 Å². The highest BCUT2D eigenvalue weighted by Gasteiger charge is 2.25. The zero-order valence-electron chi connectivity index (χ0n) is 14.1. The Hall–Kier alpha value is -2.70. The third-order valence-electron chi connectivity index (χ3n) is 4.89. The second kappa shape index (κ2) is 7.04. The van der Waals surface area contributed by atoms with Crippen molar-refractivity contribution >= 4 is 16.9 Å². The van der Waals surface area contributed by atoms with Crippen molar-refractivity contribution in [3.8, 4) is 0 Å². The van der Waals surface area contributed by atoms with Gasteiger partial charge in [0, 0.05) is 32.0 Å². The number of aromatic amines is 1. The quantitative estimate of drug-likeness (QED) is 0.774. The Bertz CT molecular complexity index is 799. The second-order valence-electron chi connectivity index (χ2n) is 6.56. The van der Waals surface area contributed by atoms with Gasteiger partial charge in [0.15, 0.2) is 0 Å². The number of para-hydroxylation sites is 2. The molecule has 0 aliphatic carbocycles. The number of fused-ring (bicyclic) bond motifs is 1. The van der Waals surface area contributed by atoms with Gasteiger partial charge in [-0.05, 0) is 31.4 Å². The molecule has 25 heavy (non-hydrogen) atoms. The molecule has 0 atom stereocenters. The molecule has 2 aromatic heterocycles. The number of nitrogens with one attached hydrogen (secondary N) is 1. The number of carbonyl (C=O) groups excluding carboxylic acids is 1. The predicted octanol–water partition coefficient (Wildman–Crippen LogP) is 2.34. The van der Waals surface area contributed by atoms with Crippen molar-refractivity contribution in [2.24, 2.45) is 0 Å². The third kappa shape index (κ3) is 3.55. The molecule has 0 radical (unpaired) electrons. The topological polar surface area (TPSA) is 79.7 Å². The highest BCUT2D eigenvalue weighted by Crippen LogP contribution is 2.28. The summed E-state index contributed by atoms with van der Waals surface area (Å²) < 4.78 is 1.76. The van der Waals surface area contributed by atoms with Crippen LogP contribution >= 0.6 is 0 Å². The van der Waals surface area contributed by atoms with E-state index in [0.717, 1.165) is 55.8 Å². The number of aryl methyl sites for hydroxylation is 1. The van der Waals surface area contributed by atoms with Gasteiger partial charge >= 0.3 is 0 Å². The van der Waals surface area contributed by atoms with E-state index in [2.05, 4.69) is 21.1 Å². The Labute approximate surface area is 146 Å². The summed E-state index contributed by atoms with van der Waals surface area (Å²) in [4.78, 5) is 26.4. The van der Waals surface area contributed by atoms with Crippen molar-refractivity contribution in [3.05, 3.63) is 42.7 Å². The lowest BCUT2D eigenvalue weighted by Gasteiger charge is -2.31. The fourth-order valence-electron chi connectivity index (χ4n) is 3.47. The molecule has 7 heteroatoms. The first-order chi connectivity index (χ1) is 12.3. The first kappa shape index (κ1) is 15.8. The van der Waals surface area contributed by atoms with Crippen molar-refractivity contribution in [1.29, 1.82) is 0 Å². The highest BCUT2D eigenvalue weighted by atomic mass is 16.2. The molecule has 3 heterocycles. The third-order valence-corrected chi connectivity index (χ3v) is 4.89. The van der Waals surface area contributed by atoms with Crippen LogP contribution in [0.4, 0.5) is 0 Å². The zero-order valence-corrected chi connectivity index (χ0v) is 14.1. The second-order valence-corrected chi connectivity index (χ2v) is 6.56. The molecule has 3 aromatic rings. The summed E-state index contributed by atoms with van der Waals surface area (Å²) in [6.07, 6.45) is 6.50. The minimum Gasteiger partial charge on any atom is -0.343 e. The monoisotopic (exact) mass is 338 g/mol. The number of rotatable bonds is 5. The number of hydrogen-bond acceptors (Lipinski definition) is 4. The van der Waals surface area contributed by atoms with Crippen LogP contribution < -0.4 is 0 Å². The Balaban J connectivity index is 1.28. The van der Waals surface area contributed by atoms with Crippen LogP contribution in [-0.2, 0) is 11.3 Å². The number of imidazole rings is 1. The highest BCUT2D eigenvalue weighted by molar-refractivity contribution is 5.76. The minimum atomic E-state index is 0.239. The number of amides is 1. The minimum absolute atomic E-state index is 0.239.